The molecule has 7 rings (SSSR count). The topological polar surface area (TPSA) is 129 Å². The average Bonchev–Trinajstić information content (AvgIpc) is 3.45. The molecule has 1 saturated heterocycles. The molecule has 1 aromatic carbocycles. The Morgan fingerprint density at radius 3 is 2.52 bits per heavy atom. The first-order valence-corrected chi connectivity index (χ1v) is 15.8. The van der Waals surface area contributed by atoms with E-state index in [2.05, 4.69) is 19.9 Å². The van der Waals surface area contributed by atoms with Gasteiger partial charge in [-0.25, -0.2) is 9.97 Å². The van der Waals surface area contributed by atoms with Gasteiger partial charge in [-0.1, -0.05) is 12.1 Å². The lowest BCUT2D eigenvalue weighted by Gasteiger charge is -2.37. The molecule has 2 aliphatic heterocycles. The standard InChI is InChI=1S/C34H38N8O4/c1-38-14-15-39(2)33(45)29(38)21-8-10-23(11-9-21)36-30-34(46)40(3)19-26(37-30)24-12-13-35-31(25(24)20-43)42-17-16-41-27-7-5-4-6-22(27)18-28(41)32(42)44/h8-13,18-19,29,43H,4-7,14-17,20H2,1-3H3,(H,36,37)/t29-/m1/s1. The Hall–Kier alpha value is -4.81. The number of likely N-dealkylation sites (N-methyl/N-ethyl adjacent to an activating group) is 2. The summed E-state index contributed by atoms with van der Waals surface area (Å²) in [6, 6.07) is 10.8. The number of aromatic nitrogens is 4. The number of anilines is 3. The molecule has 0 spiro atoms. The van der Waals surface area contributed by atoms with Crippen LogP contribution in [0.2, 0.25) is 0 Å². The monoisotopic (exact) mass is 622 g/mol. The predicted octanol–water partition coefficient (Wildman–Crippen LogP) is 2.86. The van der Waals surface area contributed by atoms with Gasteiger partial charge in [0.15, 0.2) is 5.82 Å². The normalized spacial score (nSPS) is 18.5. The van der Waals surface area contributed by atoms with Crippen LogP contribution in [0, 0.1) is 0 Å². The number of amides is 2. The number of fused-ring (bicyclic) bond motifs is 3. The molecule has 1 atom stereocenters. The van der Waals surface area contributed by atoms with Crippen molar-refractivity contribution in [3.63, 3.8) is 0 Å². The number of piperazine rings is 1. The Kier molecular flexibility index (Phi) is 7.69. The van der Waals surface area contributed by atoms with Gasteiger partial charge in [-0.15, -0.1) is 0 Å². The molecule has 3 aliphatic rings. The molecule has 1 aliphatic carbocycles. The van der Waals surface area contributed by atoms with Crippen LogP contribution in [-0.4, -0.2) is 79.6 Å². The highest BCUT2D eigenvalue weighted by Gasteiger charge is 2.33. The van der Waals surface area contributed by atoms with Gasteiger partial charge in [0.05, 0.1) is 12.3 Å². The molecule has 0 radical (unpaired) electrons. The zero-order valence-corrected chi connectivity index (χ0v) is 26.4. The van der Waals surface area contributed by atoms with E-state index in [0.717, 1.165) is 37.8 Å². The van der Waals surface area contributed by atoms with Gasteiger partial charge >= 0.3 is 0 Å². The number of aryl methyl sites for hydroxylation is 2. The van der Waals surface area contributed by atoms with Gasteiger partial charge in [0.2, 0.25) is 5.91 Å². The highest BCUT2D eigenvalue weighted by molar-refractivity contribution is 6.06. The van der Waals surface area contributed by atoms with Crippen molar-refractivity contribution in [2.45, 2.75) is 44.9 Å². The quantitative estimate of drug-likeness (QED) is 0.336. The summed E-state index contributed by atoms with van der Waals surface area (Å²) in [6.07, 6.45) is 7.48. The van der Waals surface area contributed by atoms with Crippen LogP contribution in [0.3, 0.4) is 0 Å². The number of carbonyl (C=O) groups excluding carboxylic acids is 2. The lowest BCUT2D eigenvalue weighted by Crippen LogP contribution is -2.48. The van der Waals surface area contributed by atoms with E-state index in [9.17, 15) is 19.5 Å². The first-order valence-electron chi connectivity index (χ1n) is 15.8. The molecule has 238 valence electrons. The zero-order valence-electron chi connectivity index (χ0n) is 26.4. The molecule has 0 saturated carbocycles. The predicted molar refractivity (Wildman–Crippen MR) is 174 cm³/mol. The summed E-state index contributed by atoms with van der Waals surface area (Å²) >= 11 is 0. The van der Waals surface area contributed by atoms with Crippen molar-refractivity contribution in [2.24, 2.45) is 7.05 Å². The lowest BCUT2D eigenvalue weighted by molar-refractivity contribution is -0.139. The van der Waals surface area contributed by atoms with Crippen LogP contribution in [0.4, 0.5) is 17.3 Å². The Bertz CT molecular complexity index is 1900. The maximum Gasteiger partial charge on any atom is 0.293 e. The molecule has 0 unspecified atom stereocenters. The maximum atomic E-state index is 13.8. The molecule has 12 nitrogen and oxygen atoms in total. The summed E-state index contributed by atoms with van der Waals surface area (Å²) in [5, 5.41) is 13.7. The van der Waals surface area contributed by atoms with Gasteiger partial charge in [-0.2, -0.15) is 0 Å². The van der Waals surface area contributed by atoms with Gasteiger partial charge < -0.3 is 24.5 Å². The summed E-state index contributed by atoms with van der Waals surface area (Å²) < 4.78 is 3.59. The SMILES string of the molecule is CN1CCN(C)[C@H](c2ccc(Nc3nc(-c4ccnc(N5CCn6c(cc7c6CCCC7)C5=O)c4CO)cn(C)c3=O)cc2)C1=O. The number of carbonyl (C=O) groups is 2. The minimum Gasteiger partial charge on any atom is -0.392 e. The fourth-order valence-corrected chi connectivity index (χ4v) is 6.99. The molecule has 46 heavy (non-hydrogen) atoms. The average molecular weight is 623 g/mol. The number of nitrogens with zero attached hydrogens (tertiary/aromatic N) is 7. The third-order valence-corrected chi connectivity index (χ3v) is 9.54. The fraction of sp³-hybridized carbons (Fsp3) is 0.382. The molecule has 12 heteroatoms. The summed E-state index contributed by atoms with van der Waals surface area (Å²) in [5.41, 5.74) is 5.88. The minimum atomic E-state index is -0.363. The first-order chi connectivity index (χ1) is 22.2. The van der Waals surface area contributed by atoms with E-state index in [1.165, 1.54) is 15.8 Å². The summed E-state index contributed by atoms with van der Waals surface area (Å²) in [5.74, 6) is 0.419. The Morgan fingerprint density at radius 2 is 1.74 bits per heavy atom. The van der Waals surface area contributed by atoms with Crippen molar-refractivity contribution in [3.05, 3.63) is 87.2 Å². The van der Waals surface area contributed by atoms with Crippen LogP contribution >= 0.6 is 0 Å². The largest absolute Gasteiger partial charge is 0.392 e. The Labute approximate surface area is 266 Å². The maximum absolute atomic E-state index is 13.8. The van der Waals surface area contributed by atoms with Crippen molar-refractivity contribution < 1.29 is 14.7 Å². The van der Waals surface area contributed by atoms with Crippen molar-refractivity contribution in [1.82, 2.24) is 28.9 Å². The molecule has 5 heterocycles. The highest BCUT2D eigenvalue weighted by atomic mass is 16.3. The number of hydrogen-bond donors (Lipinski definition) is 2. The van der Waals surface area contributed by atoms with E-state index >= 15 is 0 Å². The van der Waals surface area contributed by atoms with E-state index in [1.54, 1.807) is 35.3 Å². The van der Waals surface area contributed by atoms with E-state index in [-0.39, 0.29) is 35.8 Å². The second-order valence-corrected chi connectivity index (χ2v) is 12.4. The molecule has 1 fully saturated rings. The van der Waals surface area contributed by atoms with E-state index in [0.29, 0.717) is 53.7 Å². The summed E-state index contributed by atoms with van der Waals surface area (Å²) in [4.78, 5) is 54.4. The van der Waals surface area contributed by atoms with Gasteiger partial charge in [-0.3, -0.25) is 24.2 Å². The molecular formula is C34H38N8O4. The highest BCUT2D eigenvalue weighted by Crippen LogP contribution is 2.34. The minimum absolute atomic E-state index is 0.0495. The van der Waals surface area contributed by atoms with Crippen molar-refractivity contribution in [3.8, 4) is 11.3 Å². The number of pyridine rings is 1. The summed E-state index contributed by atoms with van der Waals surface area (Å²) in [7, 11) is 5.40. The van der Waals surface area contributed by atoms with Crippen molar-refractivity contribution >= 4 is 29.1 Å². The van der Waals surface area contributed by atoms with Crippen molar-refractivity contribution in [1.29, 1.82) is 0 Å². The van der Waals surface area contributed by atoms with Crippen LogP contribution in [-0.2, 0) is 37.8 Å². The zero-order chi connectivity index (χ0) is 32.1. The van der Waals surface area contributed by atoms with Crippen LogP contribution in [0.15, 0.2) is 53.6 Å². The number of aliphatic hydroxyl groups is 1. The molecule has 2 amide bonds. The van der Waals surface area contributed by atoms with E-state index < -0.39 is 0 Å². The van der Waals surface area contributed by atoms with Gasteiger partial charge in [0.25, 0.3) is 11.5 Å². The van der Waals surface area contributed by atoms with Crippen LogP contribution in [0.1, 0.15) is 51.8 Å². The number of hydrogen-bond acceptors (Lipinski definition) is 8. The number of rotatable bonds is 6. The third kappa shape index (κ3) is 5.07. The number of aliphatic hydroxyl groups excluding tert-OH is 1. The molecule has 3 aromatic heterocycles. The Balaban J connectivity index is 1.19. The van der Waals surface area contributed by atoms with Gasteiger partial charge in [-0.05, 0) is 68.1 Å². The number of benzene rings is 1. The molecule has 0 bridgehead atoms. The number of nitrogens with one attached hydrogen (secondary N) is 1. The second kappa shape index (κ2) is 11.8. The Morgan fingerprint density at radius 1 is 0.957 bits per heavy atom. The van der Waals surface area contributed by atoms with Crippen LogP contribution < -0.4 is 15.8 Å². The second-order valence-electron chi connectivity index (χ2n) is 12.4. The smallest absolute Gasteiger partial charge is 0.293 e. The third-order valence-electron chi connectivity index (χ3n) is 9.54. The van der Waals surface area contributed by atoms with Crippen LogP contribution in [0.5, 0.6) is 0 Å². The van der Waals surface area contributed by atoms with E-state index in [4.69, 9.17) is 0 Å². The molecule has 2 N–H and O–H groups in total. The molecule has 4 aromatic rings. The van der Waals surface area contributed by atoms with Crippen LogP contribution in [0.25, 0.3) is 11.3 Å². The summed E-state index contributed by atoms with van der Waals surface area (Å²) in [6.45, 7) is 2.22. The fourth-order valence-electron chi connectivity index (χ4n) is 6.99. The van der Waals surface area contributed by atoms with Gasteiger partial charge in [0, 0.05) is 75.2 Å². The van der Waals surface area contributed by atoms with Crippen molar-refractivity contribution in [2.75, 3.05) is 43.9 Å². The lowest BCUT2D eigenvalue weighted by atomic mass is 9.98. The van der Waals surface area contributed by atoms with Gasteiger partial charge in [0.1, 0.15) is 17.6 Å². The molecular weight excluding hydrogens is 584 g/mol. The first kappa shape index (κ1) is 29.9. The van der Waals surface area contributed by atoms with E-state index in [1.807, 2.05) is 49.3 Å².